The second-order valence-corrected chi connectivity index (χ2v) is 6.48. The molecule has 0 saturated heterocycles. The molecule has 1 aromatic heterocycles. The van der Waals surface area contributed by atoms with E-state index in [1.54, 1.807) is 6.07 Å². The molecular formula is C18H21NO3S. The van der Waals surface area contributed by atoms with Crippen LogP contribution in [0.3, 0.4) is 0 Å². The van der Waals surface area contributed by atoms with Gasteiger partial charge in [0.25, 0.3) is 5.91 Å². The first kappa shape index (κ1) is 17.2. The fraction of sp³-hybridized carbons (Fsp3) is 0.333. The molecule has 0 radical (unpaired) electrons. The van der Waals surface area contributed by atoms with Gasteiger partial charge in [0.05, 0.1) is 0 Å². The van der Waals surface area contributed by atoms with Crippen molar-refractivity contribution >= 4 is 28.9 Å². The van der Waals surface area contributed by atoms with Gasteiger partial charge in [-0.1, -0.05) is 32.0 Å². The Kier molecular flexibility index (Phi) is 5.93. The molecule has 0 saturated carbocycles. The summed E-state index contributed by atoms with van der Waals surface area (Å²) in [7, 11) is 0. The first-order chi connectivity index (χ1) is 11.0. The Hall–Kier alpha value is -2.14. The van der Waals surface area contributed by atoms with E-state index in [-0.39, 0.29) is 12.5 Å². The molecule has 0 unspecified atom stereocenters. The molecule has 0 fully saturated rings. The van der Waals surface area contributed by atoms with Gasteiger partial charge in [0, 0.05) is 10.6 Å². The van der Waals surface area contributed by atoms with E-state index in [0.717, 1.165) is 34.5 Å². The molecule has 1 heterocycles. The summed E-state index contributed by atoms with van der Waals surface area (Å²) in [5.74, 6) is -0.778. The van der Waals surface area contributed by atoms with Crippen LogP contribution in [-0.4, -0.2) is 18.5 Å². The van der Waals surface area contributed by atoms with Crippen molar-refractivity contribution in [1.82, 2.24) is 0 Å². The highest BCUT2D eigenvalue weighted by molar-refractivity contribution is 7.13. The second-order valence-electron chi connectivity index (χ2n) is 5.19. The van der Waals surface area contributed by atoms with E-state index in [1.165, 1.54) is 11.3 Å². The fourth-order valence-electron chi connectivity index (χ4n) is 2.33. The van der Waals surface area contributed by atoms with Gasteiger partial charge in [-0.2, -0.15) is 0 Å². The van der Waals surface area contributed by atoms with Crippen molar-refractivity contribution in [2.75, 3.05) is 11.9 Å². The predicted octanol–water partition coefficient (Wildman–Crippen LogP) is 3.98. The average Bonchev–Trinajstić information content (AvgIpc) is 2.99. The van der Waals surface area contributed by atoms with Gasteiger partial charge in [0.15, 0.2) is 6.61 Å². The zero-order chi connectivity index (χ0) is 16.8. The molecule has 1 amide bonds. The van der Waals surface area contributed by atoms with Crippen LogP contribution in [0.4, 0.5) is 5.69 Å². The van der Waals surface area contributed by atoms with E-state index in [0.29, 0.717) is 4.88 Å². The van der Waals surface area contributed by atoms with Gasteiger partial charge in [-0.3, -0.25) is 4.79 Å². The summed E-state index contributed by atoms with van der Waals surface area (Å²) in [6, 6.07) is 9.55. The third-order valence-corrected chi connectivity index (χ3v) is 4.52. The molecule has 0 spiro atoms. The number of benzene rings is 1. The maximum absolute atomic E-state index is 12.1. The average molecular weight is 331 g/mol. The monoisotopic (exact) mass is 331 g/mol. The summed E-state index contributed by atoms with van der Waals surface area (Å²) in [6.45, 7) is 5.73. The van der Waals surface area contributed by atoms with Crippen molar-refractivity contribution in [2.45, 2.75) is 33.6 Å². The number of amides is 1. The summed E-state index contributed by atoms with van der Waals surface area (Å²) in [4.78, 5) is 25.5. The molecule has 2 rings (SSSR count). The molecular weight excluding hydrogens is 310 g/mol. The van der Waals surface area contributed by atoms with Gasteiger partial charge in [0.1, 0.15) is 4.88 Å². The maximum Gasteiger partial charge on any atom is 0.348 e. The van der Waals surface area contributed by atoms with Crippen molar-refractivity contribution < 1.29 is 14.3 Å². The number of hydrogen-bond acceptors (Lipinski definition) is 4. The Morgan fingerprint density at radius 3 is 2.26 bits per heavy atom. The van der Waals surface area contributed by atoms with E-state index in [1.807, 2.05) is 45.0 Å². The van der Waals surface area contributed by atoms with Gasteiger partial charge < -0.3 is 10.1 Å². The highest BCUT2D eigenvalue weighted by atomic mass is 32.1. The number of ether oxygens (including phenoxy) is 1. The van der Waals surface area contributed by atoms with E-state index >= 15 is 0 Å². The summed E-state index contributed by atoms with van der Waals surface area (Å²) in [5, 5.41) is 2.88. The molecule has 1 N–H and O–H groups in total. The molecule has 0 atom stereocenters. The number of esters is 1. The van der Waals surface area contributed by atoms with Crippen molar-refractivity contribution in [3.63, 3.8) is 0 Å². The van der Waals surface area contributed by atoms with Crippen molar-refractivity contribution in [3.8, 4) is 0 Å². The number of carbonyl (C=O) groups excluding carboxylic acids is 2. The number of aryl methyl sites for hydroxylation is 3. The number of anilines is 1. The third kappa shape index (κ3) is 4.42. The van der Waals surface area contributed by atoms with Crippen molar-refractivity contribution in [3.05, 3.63) is 51.2 Å². The summed E-state index contributed by atoms with van der Waals surface area (Å²) in [6.07, 6.45) is 1.66. The highest BCUT2D eigenvalue weighted by Gasteiger charge is 2.14. The first-order valence-corrected chi connectivity index (χ1v) is 8.51. The molecule has 1 aromatic carbocycles. The van der Waals surface area contributed by atoms with E-state index in [4.69, 9.17) is 4.74 Å². The molecule has 23 heavy (non-hydrogen) atoms. The number of thiophene rings is 1. The Morgan fingerprint density at radius 1 is 1.09 bits per heavy atom. The maximum atomic E-state index is 12.1. The highest BCUT2D eigenvalue weighted by Crippen LogP contribution is 2.22. The van der Waals surface area contributed by atoms with E-state index in [2.05, 4.69) is 5.32 Å². The van der Waals surface area contributed by atoms with Crippen LogP contribution in [0.5, 0.6) is 0 Å². The minimum Gasteiger partial charge on any atom is -0.451 e. The van der Waals surface area contributed by atoms with Crippen molar-refractivity contribution in [2.24, 2.45) is 0 Å². The van der Waals surface area contributed by atoms with Crippen LogP contribution in [0.2, 0.25) is 0 Å². The lowest BCUT2D eigenvalue weighted by atomic mass is 10.0. The SMILES string of the molecule is CCc1cccc(CC)c1NC(=O)COC(=O)c1ccc(C)s1. The molecule has 0 bridgehead atoms. The lowest BCUT2D eigenvalue weighted by Gasteiger charge is -2.14. The Balaban J connectivity index is 1.99. The van der Waals surface area contributed by atoms with Gasteiger partial charge in [-0.15, -0.1) is 11.3 Å². The molecule has 122 valence electrons. The van der Waals surface area contributed by atoms with Crippen LogP contribution < -0.4 is 5.32 Å². The largest absolute Gasteiger partial charge is 0.451 e. The van der Waals surface area contributed by atoms with Crippen molar-refractivity contribution in [1.29, 1.82) is 0 Å². The molecule has 2 aromatic rings. The Labute approximate surface area is 140 Å². The summed E-state index contributed by atoms with van der Waals surface area (Å²) in [5.41, 5.74) is 3.00. The molecule has 0 aliphatic carbocycles. The molecule has 5 heteroatoms. The quantitative estimate of drug-likeness (QED) is 0.815. The minimum atomic E-state index is -0.460. The minimum absolute atomic E-state index is 0.281. The normalized spacial score (nSPS) is 10.4. The van der Waals surface area contributed by atoms with Crippen LogP contribution in [0, 0.1) is 6.92 Å². The topological polar surface area (TPSA) is 55.4 Å². The van der Waals surface area contributed by atoms with E-state index < -0.39 is 5.97 Å². The van der Waals surface area contributed by atoms with Gasteiger partial charge in [-0.25, -0.2) is 4.79 Å². The zero-order valence-corrected chi connectivity index (χ0v) is 14.5. The van der Waals surface area contributed by atoms with Crippen LogP contribution in [0.25, 0.3) is 0 Å². The number of hydrogen-bond donors (Lipinski definition) is 1. The van der Waals surface area contributed by atoms with Crippen LogP contribution in [0.1, 0.15) is 39.5 Å². The summed E-state index contributed by atoms with van der Waals surface area (Å²) >= 11 is 1.36. The Morgan fingerprint density at radius 2 is 1.74 bits per heavy atom. The molecule has 0 aliphatic rings. The lowest BCUT2D eigenvalue weighted by Crippen LogP contribution is -2.22. The number of carbonyl (C=O) groups is 2. The number of nitrogens with one attached hydrogen (secondary N) is 1. The number of rotatable bonds is 6. The third-order valence-electron chi connectivity index (χ3n) is 3.54. The lowest BCUT2D eigenvalue weighted by molar-refractivity contribution is -0.119. The second kappa shape index (κ2) is 7.92. The molecule has 4 nitrogen and oxygen atoms in total. The van der Waals surface area contributed by atoms with E-state index in [9.17, 15) is 9.59 Å². The zero-order valence-electron chi connectivity index (χ0n) is 13.6. The Bertz CT molecular complexity index is 684. The van der Waals surface area contributed by atoms with Gasteiger partial charge >= 0.3 is 5.97 Å². The van der Waals surface area contributed by atoms with Crippen LogP contribution in [-0.2, 0) is 22.4 Å². The van der Waals surface area contributed by atoms with Crippen LogP contribution in [0.15, 0.2) is 30.3 Å². The summed E-state index contributed by atoms with van der Waals surface area (Å²) < 4.78 is 5.08. The van der Waals surface area contributed by atoms with Gasteiger partial charge in [0.2, 0.25) is 0 Å². The van der Waals surface area contributed by atoms with Gasteiger partial charge in [-0.05, 0) is 43.0 Å². The first-order valence-electron chi connectivity index (χ1n) is 7.69. The van der Waals surface area contributed by atoms with Crippen LogP contribution >= 0.6 is 11.3 Å². The molecule has 0 aliphatic heterocycles. The number of para-hydroxylation sites is 1. The fourth-order valence-corrected chi connectivity index (χ4v) is 3.09. The predicted molar refractivity (Wildman–Crippen MR) is 93.2 cm³/mol. The smallest absolute Gasteiger partial charge is 0.348 e. The standard InChI is InChI=1S/C18H21NO3S/c1-4-13-7-6-8-14(5-2)17(13)19-16(20)11-22-18(21)15-10-9-12(3)23-15/h6-10H,4-5,11H2,1-3H3,(H,19,20).